The Kier molecular flexibility index (Phi) is 38.1. The number of ether oxygens (including phenoxy) is 3. The highest BCUT2D eigenvalue weighted by atomic mass is 35.5. The number of anilines is 9. The van der Waals surface area contributed by atoms with Crippen LogP contribution in [0.3, 0.4) is 0 Å². The summed E-state index contributed by atoms with van der Waals surface area (Å²) in [6.45, 7) is 28.5. The quantitative estimate of drug-likeness (QED) is 0.0153. The number of nitrogens with one attached hydrogen (secondary N) is 3. The van der Waals surface area contributed by atoms with Gasteiger partial charge >= 0.3 is 36.2 Å². The number of rotatable bonds is 43. The van der Waals surface area contributed by atoms with Crippen LogP contribution in [0.15, 0.2) is 104 Å². The van der Waals surface area contributed by atoms with Crippen molar-refractivity contribution in [1.29, 1.82) is 0 Å². The Bertz CT molecular complexity index is 4530. The van der Waals surface area contributed by atoms with Gasteiger partial charge < -0.3 is 74.9 Å². The highest BCUT2D eigenvalue weighted by Gasteiger charge is 2.33. The lowest BCUT2D eigenvalue weighted by atomic mass is 10.1. The van der Waals surface area contributed by atoms with E-state index in [1.54, 1.807) is 101 Å². The second kappa shape index (κ2) is 47.4. The third-order valence-corrected chi connectivity index (χ3v) is 25.3. The molecule has 3 fully saturated rings. The summed E-state index contributed by atoms with van der Waals surface area (Å²) in [4.78, 5) is 111. The van der Waals surface area contributed by atoms with Gasteiger partial charge in [0.25, 0.3) is 0 Å². The number of alkyl halides is 1. The number of carbonyl (C=O) groups excluding carboxylic acids is 3. The van der Waals surface area contributed by atoms with Crippen molar-refractivity contribution in [2.24, 2.45) is 0 Å². The Labute approximate surface area is 715 Å². The lowest BCUT2D eigenvalue weighted by Gasteiger charge is -2.27. The summed E-state index contributed by atoms with van der Waals surface area (Å²) in [6, 6.07) is 16.5. The van der Waals surface area contributed by atoms with Gasteiger partial charge in [-0.15, -0.1) is 18.2 Å². The van der Waals surface area contributed by atoms with Gasteiger partial charge in [-0.2, -0.15) is 15.0 Å². The number of unbranched alkanes of at least 4 members (excludes halogenated alkanes) is 1. The average molecular weight is 1760 g/mol. The minimum absolute atomic E-state index is 0.0361. The first kappa shape index (κ1) is 97.3. The van der Waals surface area contributed by atoms with E-state index in [1.807, 2.05) is 63.2 Å². The van der Waals surface area contributed by atoms with Gasteiger partial charge in [0.15, 0.2) is 17.5 Å². The SMILES string of the molecule is C=CCN(c1cnc(N(CC)CC)nc1N[C@@H](Cc1ccc(OC(=O)N2CCCC2)cc1)C(=O)O)S(C)(=O)=O.CCCCS(=O)(=O)N(CC)c1cnc(N(CC)CC)nc1N[C@@H](Cc1ccc(OC(=O)N2CCCC2)cc1)C(=O)O.CCN(CC)c1ncc(N(CC)S(=O)(=O)CCCCl)c(N[C@@H](Cc2ccc(OC(=O)N3CCCC3)cc2)C(=O)O)n1. The third-order valence-electron chi connectivity index (χ3n) is 20.1. The molecule has 3 aliphatic rings. The molecule has 664 valence electrons. The molecule has 40 heteroatoms. The number of hydrogen-bond donors (Lipinski definition) is 6. The summed E-state index contributed by atoms with van der Waals surface area (Å²) in [5.41, 5.74) is 2.51. The van der Waals surface area contributed by atoms with Crippen LogP contribution in [0.25, 0.3) is 0 Å². The molecule has 0 bridgehead atoms. The zero-order valence-electron chi connectivity index (χ0n) is 70.7. The van der Waals surface area contributed by atoms with Crippen LogP contribution < -0.4 is 57.8 Å². The van der Waals surface area contributed by atoms with Crippen LogP contribution in [0.2, 0.25) is 0 Å². The number of aliphatic carboxylic acids is 3. The molecular weight excluding hydrogens is 1640 g/mol. The number of benzene rings is 3. The molecule has 0 unspecified atom stereocenters. The number of halogens is 1. The van der Waals surface area contributed by atoms with E-state index in [0.717, 1.165) is 55.5 Å². The maximum atomic E-state index is 13.2. The van der Waals surface area contributed by atoms with Crippen LogP contribution >= 0.6 is 11.6 Å². The van der Waals surface area contributed by atoms with Gasteiger partial charge in [0.05, 0.1) is 42.9 Å². The standard InChI is InChI=1S/C28H42N6O6S.C27H39ClN6O6S.C26H36N6O6S/c1-5-9-18-41(38,39)34(8-4)24-20-29-27(32(6-2)7-3)31-25(24)30-23(26(35)36)19-21-12-14-22(15-13-21)40-28(37)33-16-10-11-17-33;1-4-32(5-2)26-29-19-23(34(6-3)41(38,39)17-9-14-28)24(31-26)30-22(25(35)36)18-20-10-12-21(13-11-20)40-27(37)33-15-7-8-16-33;1-5-14-32(39(4,36)37)22-18-27-25(30(6-2)7-3)29-23(22)28-21(24(33)34)17-19-10-12-20(13-11-19)38-26(35)31-15-8-9-16-31/h12-15,20,23H,5-11,16-19H2,1-4H3,(H,35,36)(H,29,30,31);10-13,19,22H,4-9,14-18H2,1-3H3,(H,35,36)(H,29,30,31);5,10-13,18,21H,1,6-9,14-17H2,2-4H3,(H,33,34)(H,27,28,29)/t23-;22-;21-/m000/s1. The fourth-order valence-corrected chi connectivity index (χ4v) is 17.8. The molecule has 36 nitrogen and oxygen atoms in total. The zero-order chi connectivity index (χ0) is 88.6. The van der Waals surface area contributed by atoms with Crippen LogP contribution in [-0.2, 0) is 63.7 Å². The van der Waals surface area contributed by atoms with Crippen molar-refractivity contribution in [3.63, 3.8) is 0 Å². The Morgan fingerprint density at radius 1 is 0.446 bits per heavy atom. The molecular formula is C81H117ClN18O18S3. The highest BCUT2D eigenvalue weighted by molar-refractivity contribution is 7.93. The molecule has 3 aromatic heterocycles. The Balaban J connectivity index is 0.000000250. The number of nitrogens with zero attached hydrogens (tertiary/aromatic N) is 15. The fourth-order valence-electron chi connectivity index (χ4n) is 13.4. The Morgan fingerprint density at radius 3 is 0.950 bits per heavy atom. The van der Waals surface area contributed by atoms with Gasteiger partial charge in [0.1, 0.15) is 52.4 Å². The molecule has 3 saturated heterocycles. The minimum Gasteiger partial charge on any atom is -0.480 e. The van der Waals surface area contributed by atoms with E-state index >= 15 is 0 Å². The van der Waals surface area contributed by atoms with Crippen molar-refractivity contribution in [2.45, 2.75) is 157 Å². The van der Waals surface area contributed by atoms with Crippen molar-refractivity contribution in [1.82, 2.24) is 44.6 Å². The number of sulfonamides is 3. The summed E-state index contributed by atoms with van der Waals surface area (Å²) < 4.78 is 97.5. The molecule has 0 spiro atoms. The van der Waals surface area contributed by atoms with E-state index in [9.17, 15) is 69.3 Å². The summed E-state index contributed by atoms with van der Waals surface area (Å²) in [7, 11) is -11.2. The van der Waals surface area contributed by atoms with Gasteiger partial charge in [-0.05, 0) is 160 Å². The van der Waals surface area contributed by atoms with Crippen LogP contribution in [0.1, 0.15) is 137 Å². The third kappa shape index (κ3) is 28.4. The molecule has 6 heterocycles. The van der Waals surface area contributed by atoms with Crippen LogP contribution in [-0.4, -0.2) is 261 Å². The number of amides is 3. The van der Waals surface area contributed by atoms with Crippen LogP contribution in [0.5, 0.6) is 17.2 Å². The van der Waals surface area contributed by atoms with Gasteiger partial charge in [0, 0.05) is 117 Å². The summed E-state index contributed by atoms with van der Waals surface area (Å²) in [5, 5.41) is 39.1. The monoisotopic (exact) mass is 1760 g/mol. The maximum Gasteiger partial charge on any atom is 0.415 e. The average Bonchev–Trinajstić information content (AvgIpc) is 1.17. The van der Waals surface area contributed by atoms with Gasteiger partial charge in [-0.25, -0.2) is 69.0 Å². The molecule has 6 aromatic rings. The predicted molar refractivity (Wildman–Crippen MR) is 469 cm³/mol. The maximum absolute atomic E-state index is 13.2. The summed E-state index contributed by atoms with van der Waals surface area (Å²) >= 11 is 5.75. The number of aromatic nitrogens is 6. The number of carboxylic acid groups (broad SMARTS) is 3. The lowest BCUT2D eigenvalue weighted by molar-refractivity contribution is -0.138. The first-order valence-corrected chi connectivity index (χ1v) is 46.6. The molecule has 0 saturated carbocycles. The number of carboxylic acids is 3. The van der Waals surface area contributed by atoms with Gasteiger partial charge in [0.2, 0.25) is 47.9 Å². The minimum atomic E-state index is -3.77. The summed E-state index contributed by atoms with van der Waals surface area (Å²) in [6.07, 6.45) is 12.9. The Morgan fingerprint density at radius 2 is 0.719 bits per heavy atom. The number of carbonyl (C=O) groups is 6. The molecule has 3 atom stereocenters. The molecule has 3 aromatic carbocycles. The molecule has 3 aliphatic heterocycles. The fraction of sp³-hybridized carbons (Fsp3) is 0.531. The number of hydrogen-bond acceptors (Lipinski definition) is 27. The summed E-state index contributed by atoms with van der Waals surface area (Å²) in [5.74, 6) is -0.952. The molecule has 0 aliphatic carbocycles. The molecule has 9 rings (SSSR count). The van der Waals surface area contributed by atoms with E-state index in [1.165, 1.54) is 33.3 Å². The normalized spacial score (nSPS) is 14.0. The lowest BCUT2D eigenvalue weighted by Crippen LogP contribution is -2.37. The van der Waals surface area contributed by atoms with Gasteiger partial charge in [-0.1, -0.05) is 55.8 Å². The zero-order valence-corrected chi connectivity index (χ0v) is 73.9. The molecule has 121 heavy (non-hydrogen) atoms. The topological polar surface area (TPSA) is 436 Å². The first-order valence-electron chi connectivity index (χ1n) is 41.0. The smallest absolute Gasteiger partial charge is 0.415 e. The predicted octanol–water partition coefficient (Wildman–Crippen LogP) is 10.8. The van der Waals surface area contributed by atoms with Crippen molar-refractivity contribution in [3.05, 3.63) is 121 Å². The molecule has 0 radical (unpaired) electrons. The Hall–Kier alpha value is -10.8. The number of likely N-dealkylation sites (tertiary alicyclic amines) is 3. The molecule has 6 N–H and O–H groups in total. The second-order valence-electron chi connectivity index (χ2n) is 28.5. The van der Waals surface area contributed by atoms with Crippen molar-refractivity contribution in [2.75, 3.05) is 165 Å². The van der Waals surface area contributed by atoms with E-state index < -0.39 is 84.4 Å². The highest BCUT2D eigenvalue weighted by Crippen LogP contribution is 2.34. The largest absolute Gasteiger partial charge is 0.480 e. The van der Waals surface area contributed by atoms with E-state index in [2.05, 4.69) is 52.4 Å². The van der Waals surface area contributed by atoms with E-state index in [-0.39, 0.29) is 97.2 Å². The molecule has 3 amide bonds. The first-order chi connectivity index (χ1) is 57.8. The van der Waals surface area contributed by atoms with Crippen LogP contribution in [0.4, 0.5) is 66.7 Å². The second-order valence-corrected chi connectivity index (χ2v) is 34.8. The van der Waals surface area contributed by atoms with Crippen molar-refractivity contribution in [3.8, 4) is 17.2 Å². The van der Waals surface area contributed by atoms with Gasteiger partial charge in [-0.3, -0.25) is 12.9 Å². The van der Waals surface area contributed by atoms with E-state index in [0.29, 0.717) is 137 Å². The van der Waals surface area contributed by atoms with Crippen LogP contribution in [0, 0.1) is 0 Å². The van der Waals surface area contributed by atoms with Crippen molar-refractivity contribution >= 4 is 130 Å². The van der Waals surface area contributed by atoms with E-state index in [4.69, 9.17) is 25.8 Å². The van der Waals surface area contributed by atoms with Crippen molar-refractivity contribution < 1.29 is 83.6 Å².